The molecule has 0 bridgehead atoms. The zero-order valence-electron chi connectivity index (χ0n) is 11.8. The van der Waals surface area contributed by atoms with Gasteiger partial charge in [-0.15, -0.1) is 11.3 Å². The number of thiazole rings is 1. The van der Waals surface area contributed by atoms with E-state index >= 15 is 0 Å². The van der Waals surface area contributed by atoms with Crippen LogP contribution in [0.15, 0.2) is 29.6 Å². The average Bonchev–Trinajstić information content (AvgIpc) is 3.01. The van der Waals surface area contributed by atoms with E-state index in [1.807, 2.05) is 24.3 Å². The highest BCUT2D eigenvalue weighted by molar-refractivity contribution is 7.15. The van der Waals surface area contributed by atoms with Crippen LogP contribution in [0, 0.1) is 11.3 Å². The summed E-state index contributed by atoms with van der Waals surface area (Å²) < 4.78 is 2.10. The third-order valence-electron chi connectivity index (χ3n) is 3.42. The van der Waals surface area contributed by atoms with Crippen LogP contribution < -0.4 is 0 Å². The monoisotopic (exact) mass is 315 g/mol. The molecular weight excluding hydrogens is 302 g/mol. The van der Waals surface area contributed by atoms with E-state index in [2.05, 4.69) is 29.7 Å². The molecule has 106 valence electrons. The molecule has 5 heteroatoms. The standard InChI is InChI=1S/C16H14ClN3S/c1-10(2)15-13(7-8-18)20-14(9-21-16(20)19-15)11-3-5-12(17)6-4-11/h3-6,9-10H,7H2,1-2H3. The molecule has 1 aromatic carbocycles. The van der Waals surface area contributed by atoms with E-state index in [0.29, 0.717) is 12.3 Å². The van der Waals surface area contributed by atoms with Crippen LogP contribution >= 0.6 is 22.9 Å². The molecule has 0 atom stereocenters. The number of nitrogens with zero attached hydrogens (tertiary/aromatic N) is 3. The number of hydrogen-bond donors (Lipinski definition) is 0. The Hall–Kier alpha value is -1.83. The van der Waals surface area contributed by atoms with Crippen LogP contribution in [0.5, 0.6) is 0 Å². The predicted octanol–water partition coefficient (Wildman–Crippen LogP) is 4.91. The molecule has 0 spiro atoms. The van der Waals surface area contributed by atoms with Crippen LogP contribution in [0.3, 0.4) is 0 Å². The molecule has 0 aliphatic heterocycles. The molecule has 0 aliphatic rings. The van der Waals surface area contributed by atoms with Gasteiger partial charge in [0.1, 0.15) is 0 Å². The Labute approximate surface area is 132 Å². The summed E-state index contributed by atoms with van der Waals surface area (Å²) in [5.74, 6) is 0.304. The summed E-state index contributed by atoms with van der Waals surface area (Å²) in [6, 6.07) is 10.0. The van der Waals surface area contributed by atoms with Crippen molar-refractivity contribution in [3.8, 4) is 17.3 Å². The van der Waals surface area contributed by atoms with Crippen LogP contribution in [0.25, 0.3) is 16.2 Å². The molecular formula is C16H14ClN3S. The number of halogens is 1. The van der Waals surface area contributed by atoms with Crippen LogP contribution in [-0.4, -0.2) is 9.38 Å². The molecule has 2 heterocycles. The molecule has 3 aromatic rings. The number of rotatable bonds is 3. The van der Waals surface area contributed by atoms with Gasteiger partial charge in [0.15, 0.2) is 4.96 Å². The lowest BCUT2D eigenvalue weighted by molar-refractivity contribution is 0.814. The van der Waals surface area contributed by atoms with Crippen molar-refractivity contribution in [2.75, 3.05) is 0 Å². The molecule has 3 rings (SSSR count). The van der Waals surface area contributed by atoms with Gasteiger partial charge in [0.2, 0.25) is 0 Å². The van der Waals surface area contributed by atoms with Crippen molar-refractivity contribution in [1.82, 2.24) is 9.38 Å². The molecule has 0 fully saturated rings. The lowest BCUT2D eigenvalue weighted by atomic mass is 10.1. The summed E-state index contributed by atoms with van der Waals surface area (Å²) in [7, 11) is 0. The summed E-state index contributed by atoms with van der Waals surface area (Å²) >= 11 is 7.56. The maximum atomic E-state index is 9.13. The highest BCUT2D eigenvalue weighted by atomic mass is 35.5. The second-order valence-corrected chi connectivity index (χ2v) is 6.45. The van der Waals surface area contributed by atoms with E-state index in [-0.39, 0.29) is 0 Å². The quantitative estimate of drug-likeness (QED) is 0.689. The molecule has 0 radical (unpaired) electrons. The van der Waals surface area contributed by atoms with Gasteiger partial charge in [0.05, 0.1) is 29.6 Å². The van der Waals surface area contributed by atoms with E-state index in [1.165, 1.54) is 0 Å². The molecule has 0 unspecified atom stereocenters. The van der Waals surface area contributed by atoms with Gasteiger partial charge in [-0.05, 0) is 23.6 Å². The van der Waals surface area contributed by atoms with Crippen molar-refractivity contribution in [3.05, 3.63) is 46.1 Å². The first-order valence-electron chi connectivity index (χ1n) is 6.73. The molecule has 0 N–H and O–H groups in total. The number of nitriles is 1. The summed E-state index contributed by atoms with van der Waals surface area (Å²) in [6.45, 7) is 4.21. The Morgan fingerprint density at radius 1 is 1.33 bits per heavy atom. The topological polar surface area (TPSA) is 41.1 Å². The van der Waals surface area contributed by atoms with E-state index < -0.39 is 0 Å². The van der Waals surface area contributed by atoms with Gasteiger partial charge < -0.3 is 0 Å². The van der Waals surface area contributed by atoms with Crippen molar-refractivity contribution in [1.29, 1.82) is 5.26 Å². The van der Waals surface area contributed by atoms with Gasteiger partial charge in [-0.3, -0.25) is 4.40 Å². The second kappa shape index (κ2) is 5.51. The number of aromatic nitrogens is 2. The van der Waals surface area contributed by atoms with E-state index in [9.17, 15) is 0 Å². The summed E-state index contributed by atoms with van der Waals surface area (Å²) in [4.78, 5) is 5.64. The maximum absolute atomic E-state index is 9.13. The zero-order valence-corrected chi connectivity index (χ0v) is 13.4. The normalized spacial score (nSPS) is 11.2. The number of benzene rings is 1. The lowest BCUT2D eigenvalue weighted by Crippen LogP contribution is -1.98. The molecule has 2 aromatic heterocycles. The highest BCUT2D eigenvalue weighted by Gasteiger charge is 2.19. The zero-order chi connectivity index (χ0) is 15.0. The minimum atomic E-state index is 0.304. The highest BCUT2D eigenvalue weighted by Crippen LogP contribution is 2.32. The lowest BCUT2D eigenvalue weighted by Gasteiger charge is -2.06. The predicted molar refractivity (Wildman–Crippen MR) is 86.9 cm³/mol. The van der Waals surface area contributed by atoms with Crippen molar-refractivity contribution >= 4 is 27.9 Å². The van der Waals surface area contributed by atoms with Gasteiger partial charge in [-0.1, -0.05) is 37.6 Å². The Morgan fingerprint density at radius 2 is 2.05 bits per heavy atom. The number of hydrogen-bond acceptors (Lipinski definition) is 3. The second-order valence-electron chi connectivity index (χ2n) is 5.18. The van der Waals surface area contributed by atoms with Crippen LogP contribution in [-0.2, 0) is 6.42 Å². The van der Waals surface area contributed by atoms with Gasteiger partial charge >= 0.3 is 0 Å². The molecule has 0 saturated carbocycles. The van der Waals surface area contributed by atoms with Crippen molar-refractivity contribution in [3.63, 3.8) is 0 Å². The Kier molecular flexibility index (Phi) is 3.71. The minimum absolute atomic E-state index is 0.304. The van der Waals surface area contributed by atoms with Crippen LogP contribution in [0.2, 0.25) is 5.02 Å². The molecule has 0 amide bonds. The van der Waals surface area contributed by atoms with Crippen molar-refractivity contribution < 1.29 is 0 Å². The first kappa shape index (κ1) is 14.1. The Morgan fingerprint density at radius 3 is 2.67 bits per heavy atom. The van der Waals surface area contributed by atoms with Crippen LogP contribution in [0.1, 0.15) is 31.2 Å². The van der Waals surface area contributed by atoms with Gasteiger partial charge in [0.25, 0.3) is 0 Å². The molecule has 0 aliphatic carbocycles. The minimum Gasteiger partial charge on any atom is -0.286 e. The average molecular weight is 316 g/mol. The fourth-order valence-electron chi connectivity index (χ4n) is 2.46. The number of imidazole rings is 1. The summed E-state index contributed by atoms with van der Waals surface area (Å²) in [5.41, 5.74) is 4.15. The van der Waals surface area contributed by atoms with Crippen LogP contribution in [0.4, 0.5) is 0 Å². The summed E-state index contributed by atoms with van der Waals surface area (Å²) in [5, 5.41) is 11.9. The largest absolute Gasteiger partial charge is 0.286 e. The first-order valence-corrected chi connectivity index (χ1v) is 7.99. The van der Waals surface area contributed by atoms with E-state index in [1.54, 1.807) is 11.3 Å². The third kappa shape index (κ3) is 2.44. The Bertz CT molecular complexity index is 822. The number of fused-ring (bicyclic) bond motifs is 1. The first-order chi connectivity index (χ1) is 10.1. The molecule has 0 saturated heterocycles. The fourth-order valence-corrected chi connectivity index (χ4v) is 3.51. The van der Waals surface area contributed by atoms with E-state index in [4.69, 9.17) is 21.8 Å². The maximum Gasteiger partial charge on any atom is 0.194 e. The third-order valence-corrected chi connectivity index (χ3v) is 4.50. The van der Waals surface area contributed by atoms with Crippen molar-refractivity contribution in [2.24, 2.45) is 0 Å². The molecule has 3 nitrogen and oxygen atoms in total. The summed E-state index contributed by atoms with van der Waals surface area (Å²) in [6.07, 6.45) is 0.367. The smallest absolute Gasteiger partial charge is 0.194 e. The van der Waals surface area contributed by atoms with E-state index in [0.717, 1.165) is 32.6 Å². The fraction of sp³-hybridized carbons (Fsp3) is 0.250. The van der Waals surface area contributed by atoms with Gasteiger partial charge in [-0.25, -0.2) is 4.98 Å². The van der Waals surface area contributed by atoms with Gasteiger partial charge in [-0.2, -0.15) is 5.26 Å². The molecule has 21 heavy (non-hydrogen) atoms. The Balaban J connectivity index is 2.25. The SMILES string of the molecule is CC(C)c1nc2scc(-c3ccc(Cl)cc3)n2c1CC#N. The van der Waals surface area contributed by atoms with Gasteiger partial charge in [0, 0.05) is 10.4 Å². The van der Waals surface area contributed by atoms with Crippen molar-refractivity contribution in [2.45, 2.75) is 26.2 Å².